The van der Waals surface area contributed by atoms with E-state index in [1.165, 1.54) is 0 Å². The van der Waals surface area contributed by atoms with Crippen LogP contribution in [0.3, 0.4) is 0 Å². The van der Waals surface area contributed by atoms with Crippen molar-refractivity contribution in [1.29, 1.82) is 0 Å². The lowest BCUT2D eigenvalue weighted by atomic mass is 10.1. The Hall–Kier alpha value is -0.960. The molecule has 0 heterocycles. The van der Waals surface area contributed by atoms with Gasteiger partial charge in [0.2, 0.25) is 0 Å². The second-order valence-corrected chi connectivity index (χ2v) is 6.21. The summed E-state index contributed by atoms with van der Waals surface area (Å²) in [5.74, 6) is 2.38. The summed E-state index contributed by atoms with van der Waals surface area (Å²) in [7, 11) is 0. The van der Waals surface area contributed by atoms with Crippen molar-refractivity contribution >= 4 is 17.5 Å². The number of ketones is 1. The van der Waals surface area contributed by atoms with Gasteiger partial charge in [-0.2, -0.15) is 11.8 Å². The van der Waals surface area contributed by atoms with Gasteiger partial charge >= 0.3 is 0 Å². The maximum absolute atomic E-state index is 11.4. The SMILES string of the molecule is CC(=O)c1ccccc1OCCSC(C)C(C)C. The third kappa shape index (κ3) is 4.73. The first kappa shape index (κ1) is 15.1. The van der Waals surface area contributed by atoms with Crippen LogP contribution in [0.5, 0.6) is 5.75 Å². The van der Waals surface area contributed by atoms with E-state index in [0.29, 0.717) is 29.1 Å². The highest BCUT2D eigenvalue weighted by Crippen LogP contribution is 2.21. The molecule has 0 spiro atoms. The van der Waals surface area contributed by atoms with Crippen LogP contribution in [0.15, 0.2) is 24.3 Å². The van der Waals surface area contributed by atoms with E-state index >= 15 is 0 Å². The first-order valence-electron chi connectivity index (χ1n) is 6.36. The van der Waals surface area contributed by atoms with E-state index in [0.717, 1.165) is 5.75 Å². The molecule has 0 fully saturated rings. The van der Waals surface area contributed by atoms with Crippen LogP contribution in [0.2, 0.25) is 0 Å². The van der Waals surface area contributed by atoms with Crippen LogP contribution in [0.1, 0.15) is 38.1 Å². The number of rotatable bonds is 7. The molecule has 0 aromatic heterocycles. The molecule has 1 rings (SSSR count). The number of carbonyl (C=O) groups excluding carboxylic acids is 1. The second-order valence-electron chi connectivity index (χ2n) is 4.72. The summed E-state index contributed by atoms with van der Waals surface area (Å²) in [6, 6.07) is 7.42. The monoisotopic (exact) mass is 266 g/mol. The molecule has 3 heteroatoms. The molecule has 0 radical (unpaired) electrons. The molecule has 18 heavy (non-hydrogen) atoms. The fraction of sp³-hybridized carbons (Fsp3) is 0.533. The van der Waals surface area contributed by atoms with Gasteiger partial charge in [-0.3, -0.25) is 4.79 Å². The molecule has 2 nitrogen and oxygen atoms in total. The Bertz CT molecular complexity index is 388. The molecule has 0 amide bonds. The number of ether oxygens (including phenoxy) is 1. The summed E-state index contributed by atoms with van der Waals surface area (Å²) in [5.41, 5.74) is 0.666. The van der Waals surface area contributed by atoms with E-state index in [9.17, 15) is 4.79 Å². The van der Waals surface area contributed by atoms with E-state index in [1.54, 1.807) is 6.92 Å². The number of para-hydroxylation sites is 1. The molecule has 1 aromatic rings. The third-order valence-electron chi connectivity index (χ3n) is 2.93. The number of carbonyl (C=O) groups is 1. The highest BCUT2D eigenvalue weighted by atomic mass is 32.2. The number of hydrogen-bond acceptors (Lipinski definition) is 3. The summed E-state index contributed by atoms with van der Waals surface area (Å²) in [6.07, 6.45) is 0. The highest BCUT2D eigenvalue weighted by Gasteiger charge is 2.09. The number of benzene rings is 1. The van der Waals surface area contributed by atoms with Crippen molar-refractivity contribution < 1.29 is 9.53 Å². The van der Waals surface area contributed by atoms with Gasteiger partial charge in [0.1, 0.15) is 5.75 Å². The fourth-order valence-corrected chi connectivity index (χ4v) is 2.40. The molecule has 0 saturated carbocycles. The molecule has 1 atom stereocenters. The Morgan fingerprint density at radius 3 is 2.56 bits per heavy atom. The van der Waals surface area contributed by atoms with Crippen LogP contribution >= 0.6 is 11.8 Å². The summed E-state index contributed by atoms with van der Waals surface area (Å²) < 4.78 is 5.69. The second kappa shape index (κ2) is 7.47. The zero-order valence-electron chi connectivity index (χ0n) is 11.6. The Kier molecular flexibility index (Phi) is 6.27. The standard InChI is InChI=1S/C15H22O2S/c1-11(2)13(4)18-10-9-17-15-8-6-5-7-14(15)12(3)16/h5-8,11,13H,9-10H2,1-4H3. The van der Waals surface area contributed by atoms with Crippen molar-refractivity contribution in [2.24, 2.45) is 5.92 Å². The fourth-order valence-electron chi connectivity index (χ4n) is 1.46. The number of thioether (sulfide) groups is 1. The van der Waals surface area contributed by atoms with Crippen LogP contribution in [-0.4, -0.2) is 23.4 Å². The van der Waals surface area contributed by atoms with Gasteiger partial charge in [0.25, 0.3) is 0 Å². The summed E-state index contributed by atoms with van der Waals surface area (Å²) in [4.78, 5) is 11.4. The zero-order valence-corrected chi connectivity index (χ0v) is 12.4. The average molecular weight is 266 g/mol. The van der Waals surface area contributed by atoms with Crippen molar-refractivity contribution in [1.82, 2.24) is 0 Å². The lowest BCUT2D eigenvalue weighted by molar-refractivity contribution is 0.101. The smallest absolute Gasteiger partial charge is 0.163 e. The van der Waals surface area contributed by atoms with E-state index < -0.39 is 0 Å². The molecule has 0 bridgehead atoms. The Morgan fingerprint density at radius 1 is 1.28 bits per heavy atom. The van der Waals surface area contributed by atoms with Gasteiger partial charge in [-0.15, -0.1) is 0 Å². The van der Waals surface area contributed by atoms with Crippen molar-refractivity contribution in [3.8, 4) is 5.75 Å². The molecular weight excluding hydrogens is 244 g/mol. The molecule has 0 aliphatic carbocycles. The van der Waals surface area contributed by atoms with Crippen LogP contribution in [0.4, 0.5) is 0 Å². The van der Waals surface area contributed by atoms with E-state index in [-0.39, 0.29) is 5.78 Å². The van der Waals surface area contributed by atoms with Gasteiger partial charge in [0, 0.05) is 11.0 Å². The number of hydrogen-bond donors (Lipinski definition) is 0. The van der Waals surface area contributed by atoms with Crippen LogP contribution < -0.4 is 4.74 Å². The minimum atomic E-state index is 0.0498. The Morgan fingerprint density at radius 2 is 1.94 bits per heavy atom. The molecule has 0 aliphatic rings. The van der Waals surface area contributed by atoms with Gasteiger partial charge in [-0.25, -0.2) is 0 Å². The normalized spacial score (nSPS) is 12.5. The Labute approximate surface area is 114 Å². The molecule has 1 aromatic carbocycles. The molecular formula is C15H22O2S. The average Bonchev–Trinajstić information content (AvgIpc) is 2.34. The van der Waals surface area contributed by atoms with Crippen molar-refractivity contribution in [2.75, 3.05) is 12.4 Å². The number of Topliss-reactive ketones (excluding diaryl/α,β-unsaturated/α-hetero) is 1. The molecule has 0 saturated heterocycles. The van der Waals surface area contributed by atoms with E-state index in [4.69, 9.17) is 4.74 Å². The zero-order chi connectivity index (χ0) is 13.5. The van der Waals surface area contributed by atoms with Gasteiger partial charge in [-0.1, -0.05) is 32.9 Å². The predicted molar refractivity (Wildman–Crippen MR) is 78.7 cm³/mol. The lowest BCUT2D eigenvalue weighted by Crippen LogP contribution is -2.10. The summed E-state index contributed by atoms with van der Waals surface area (Å²) >= 11 is 1.91. The maximum Gasteiger partial charge on any atom is 0.163 e. The molecule has 0 aliphatic heterocycles. The van der Waals surface area contributed by atoms with E-state index in [1.807, 2.05) is 36.0 Å². The minimum Gasteiger partial charge on any atom is -0.492 e. The van der Waals surface area contributed by atoms with Gasteiger partial charge in [0.15, 0.2) is 5.78 Å². The highest BCUT2D eigenvalue weighted by molar-refractivity contribution is 7.99. The molecule has 1 unspecified atom stereocenters. The topological polar surface area (TPSA) is 26.3 Å². The maximum atomic E-state index is 11.4. The summed E-state index contributed by atoms with van der Waals surface area (Å²) in [6.45, 7) is 8.90. The summed E-state index contributed by atoms with van der Waals surface area (Å²) in [5, 5.41) is 0.636. The predicted octanol–water partition coefficient (Wildman–Crippen LogP) is 4.05. The van der Waals surface area contributed by atoms with Crippen molar-refractivity contribution in [3.63, 3.8) is 0 Å². The van der Waals surface area contributed by atoms with E-state index in [2.05, 4.69) is 20.8 Å². The third-order valence-corrected chi connectivity index (χ3v) is 4.40. The van der Waals surface area contributed by atoms with Gasteiger partial charge in [0.05, 0.1) is 12.2 Å². The van der Waals surface area contributed by atoms with Crippen LogP contribution in [0, 0.1) is 5.92 Å². The molecule has 100 valence electrons. The lowest BCUT2D eigenvalue weighted by Gasteiger charge is -2.15. The largest absolute Gasteiger partial charge is 0.492 e. The van der Waals surface area contributed by atoms with Gasteiger partial charge < -0.3 is 4.74 Å². The molecule has 0 N–H and O–H groups in total. The quantitative estimate of drug-likeness (QED) is 0.550. The van der Waals surface area contributed by atoms with Crippen LogP contribution in [0.25, 0.3) is 0 Å². The first-order valence-corrected chi connectivity index (χ1v) is 7.41. The van der Waals surface area contributed by atoms with Crippen molar-refractivity contribution in [2.45, 2.75) is 32.9 Å². The first-order chi connectivity index (χ1) is 8.52. The van der Waals surface area contributed by atoms with Gasteiger partial charge in [-0.05, 0) is 25.0 Å². The van der Waals surface area contributed by atoms with Crippen LogP contribution in [-0.2, 0) is 0 Å². The Balaban J connectivity index is 2.42. The van der Waals surface area contributed by atoms with Crippen molar-refractivity contribution in [3.05, 3.63) is 29.8 Å². The minimum absolute atomic E-state index is 0.0498.